The zero-order valence-corrected chi connectivity index (χ0v) is 7.97. The highest BCUT2D eigenvalue weighted by atomic mass is 32.2. The minimum absolute atomic E-state index is 0.136. The Morgan fingerprint density at radius 2 is 2.50 bits per heavy atom. The summed E-state index contributed by atoms with van der Waals surface area (Å²) in [6.45, 7) is 3.77. The third-order valence-electron chi connectivity index (χ3n) is 2.23. The van der Waals surface area contributed by atoms with E-state index < -0.39 is 11.4 Å². The lowest BCUT2D eigenvalue weighted by atomic mass is 9.95. The van der Waals surface area contributed by atoms with E-state index in [0.717, 1.165) is 25.9 Å². The molecule has 0 aromatic carbocycles. The largest absolute Gasteiger partial charge is 0.316 e. The lowest BCUT2D eigenvalue weighted by Crippen LogP contribution is -2.36. The van der Waals surface area contributed by atoms with Crippen molar-refractivity contribution in [2.75, 3.05) is 13.1 Å². The second-order valence-corrected chi connectivity index (χ2v) is 3.75. The first-order valence-electron chi connectivity index (χ1n) is 4.19. The van der Waals surface area contributed by atoms with Gasteiger partial charge in [-0.25, -0.2) is 0 Å². The van der Waals surface area contributed by atoms with Crippen LogP contribution in [0.4, 0.5) is 0 Å². The molecule has 1 saturated heterocycles. The molecule has 3 unspecified atom stereocenters. The standard InChI is InChI=1S/C7H15NO3S/c1-6(11-12(9)10)7-3-2-4-8-5-7/h6-8H,2-5H2,1H3,(H,9,10). The van der Waals surface area contributed by atoms with Crippen molar-refractivity contribution in [2.45, 2.75) is 25.9 Å². The van der Waals surface area contributed by atoms with E-state index in [4.69, 9.17) is 8.74 Å². The molecule has 1 fully saturated rings. The predicted octanol–water partition coefficient (Wildman–Crippen LogP) is 0.528. The summed E-state index contributed by atoms with van der Waals surface area (Å²) in [5.41, 5.74) is 0. The lowest BCUT2D eigenvalue weighted by molar-refractivity contribution is 0.135. The fourth-order valence-electron chi connectivity index (χ4n) is 1.49. The van der Waals surface area contributed by atoms with Crippen LogP contribution in [-0.4, -0.2) is 28.0 Å². The Bertz CT molecular complexity index is 159. The van der Waals surface area contributed by atoms with E-state index in [2.05, 4.69) is 5.32 Å². The first kappa shape index (κ1) is 10.1. The van der Waals surface area contributed by atoms with Crippen molar-refractivity contribution in [2.24, 2.45) is 5.92 Å². The maximum atomic E-state index is 10.3. The number of hydrogen-bond donors (Lipinski definition) is 2. The van der Waals surface area contributed by atoms with Crippen molar-refractivity contribution in [3.63, 3.8) is 0 Å². The number of nitrogens with one attached hydrogen (secondary N) is 1. The molecule has 12 heavy (non-hydrogen) atoms. The molecular weight excluding hydrogens is 178 g/mol. The highest BCUT2D eigenvalue weighted by molar-refractivity contribution is 7.74. The van der Waals surface area contributed by atoms with E-state index in [1.165, 1.54) is 0 Å². The summed E-state index contributed by atoms with van der Waals surface area (Å²) >= 11 is -2.13. The van der Waals surface area contributed by atoms with Crippen LogP contribution in [0.25, 0.3) is 0 Å². The van der Waals surface area contributed by atoms with E-state index in [-0.39, 0.29) is 6.10 Å². The second kappa shape index (κ2) is 4.91. The van der Waals surface area contributed by atoms with E-state index in [9.17, 15) is 4.21 Å². The second-order valence-electron chi connectivity index (χ2n) is 3.12. The van der Waals surface area contributed by atoms with Crippen LogP contribution >= 0.6 is 0 Å². The van der Waals surface area contributed by atoms with Crippen LogP contribution in [0.3, 0.4) is 0 Å². The molecule has 1 heterocycles. The Hall–Kier alpha value is 0.0300. The highest BCUT2D eigenvalue weighted by Crippen LogP contribution is 2.16. The molecule has 2 N–H and O–H groups in total. The summed E-state index contributed by atoms with van der Waals surface area (Å²) in [7, 11) is 0. The maximum absolute atomic E-state index is 10.3. The molecule has 1 rings (SSSR count). The van der Waals surface area contributed by atoms with Crippen LogP contribution in [0.2, 0.25) is 0 Å². The van der Waals surface area contributed by atoms with Gasteiger partial charge in [0.25, 0.3) is 0 Å². The van der Waals surface area contributed by atoms with Gasteiger partial charge in [0, 0.05) is 6.54 Å². The van der Waals surface area contributed by atoms with Gasteiger partial charge in [0.05, 0.1) is 6.10 Å². The summed E-state index contributed by atoms with van der Waals surface area (Å²) in [6, 6.07) is 0. The van der Waals surface area contributed by atoms with E-state index in [1.54, 1.807) is 0 Å². The summed E-state index contributed by atoms with van der Waals surface area (Å²) < 4.78 is 23.6. The van der Waals surface area contributed by atoms with Crippen LogP contribution in [0, 0.1) is 5.92 Å². The van der Waals surface area contributed by atoms with Crippen LogP contribution in [-0.2, 0) is 15.5 Å². The molecular formula is C7H15NO3S. The molecule has 0 aliphatic carbocycles. The van der Waals surface area contributed by atoms with Gasteiger partial charge < -0.3 is 5.32 Å². The van der Waals surface area contributed by atoms with Gasteiger partial charge in [0.15, 0.2) is 0 Å². The van der Waals surface area contributed by atoms with Crippen molar-refractivity contribution in [3.05, 3.63) is 0 Å². The van der Waals surface area contributed by atoms with Crippen molar-refractivity contribution in [1.29, 1.82) is 0 Å². The van der Waals surface area contributed by atoms with Gasteiger partial charge in [-0.3, -0.25) is 8.74 Å². The van der Waals surface area contributed by atoms with E-state index in [1.807, 2.05) is 6.92 Å². The monoisotopic (exact) mass is 193 g/mol. The van der Waals surface area contributed by atoms with E-state index in [0.29, 0.717) is 5.92 Å². The Morgan fingerprint density at radius 3 is 3.00 bits per heavy atom. The summed E-state index contributed by atoms with van der Waals surface area (Å²) in [4.78, 5) is 0. The Morgan fingerprint density at radius 1 is 1.75 bits per heavy atom. The predicted molar refractivity (Wildman–Crippen MR) is 46.9 cm³/mol. The first-order chi connectivity index (χ1) is 5.70. The molecule has 0 amide bonds. The van der Waals surface area contributed by atoms with Crippen LogP contribution in [0.1, 0.15) is 19.8 Å². The minimum Gasteiger partial charge on any atom is -0.316 e. The average Bonchev–Trinajstić information content (AvgIpc) is 2.05. The molecule has 3 atom stereocenters. The zero-order chi connectivity index (χ0) is 8.97. The lowest BCUT2D eigenvalue weighted by Gasteiger charge is -2.26. The summed E-state index contributed by atoms with van der Waals surface area (Å²) in [6.07, 6.45) is 2.06. The Balaban J connectivity index is 2.29. The van der Waals surface area contributed by atoms with Gasteiger partial charge in [-0.05, 0) is 32.2 Å². The number of hydrogen-bond acceptors (Lipinski definition) is 3. The summed E-state index contributed by atoms with van der Waals surface area (Å²) in [5, 5.41) is 3.23. The van der Waals surface area contributed by atoms with Crippen molar-refractivity contribution in [3.8, 4) is 0 Å². The third kappa shape index (κ3) is 3.18. The first-order valence-corrected chi connectivity index (χ1v) is 5.22. The molecule has 0 aromatic heterocycles. The molecule has 0 aromatic rings. The average molecular weight is 193 g/mol. The van der Waals surface area contributed by atoms with Gasteiger partial charge in [-0.15, -0.1) is 0 Å². The van der Waals surface area contributed by atoms with Crippen LogP contribution < -0.4 is 5.32 Å². The number of rotatable bonds is 3. The summed E-state index contributed by atoms with van der Waals surface area (Å²) in [5.74, 6) is 0.370. The normalized spacial score (nSPS) is 29.7. The quantitative estimate of drug-likeness (QED) is 0.642. The molecule has 1 aliphatic heterocycles. The molecule has 0 saturated carbocycles. The van der Waals surface area contributed by atoms with Crippen molar-refractivity contribution in [1.82, 2.24) is 5.32 Å². The van der Waals surface area contributed by atoms with E-state index >= 15 is 0 Å². The molecule has 5 heteroatoms. The SMILES string of the molecule is CC(OS(=O)O)C1CCCNC1. The van der Waals surface area contributed by atoms with Crippen LogP contribution in [0.5, 0.6) is 0 Å². The molecule has 0 spiro atoms. The van der Waals surface area contributed by atoms with Crippen molar-refractivity contribution < 1.29 is 12.9 Å². The Labute approximate surface area is 75.2 Å². The van der Waals surface area contributed by atoms with Crippen molar-refractivity contribution >= 4 is 11.4 Å². The van der Waals surface area contributed by atoms with Gasteiger partial charge in [0.1, 0.15) is 0 Å². The van der Waals surface area contributed by atoms with Crippen LogP contribution in [0.15, 0.2) is 0 Å². The third-order valence-corrected chi connectivity index (χ3v) is 2.70. The van der Waals surface area contributed by atoms with Gasteiger partial charge in [0.2, 0.25) is 0 Å². The molecule has 1 aliphatic rings. The van der Waals surface area contributed by atoms with Gasteiger partial charge in [-0.1, -0.05) is 0 Å². The van der Waals surface area contributed by atoms with Gasteiger partial charge >= 0.3 is 11.4 Å². The molecule has 0 bridgehead atoms. The topological polar surface area (TPSA) is 58.6 Å². The fraction of sp³-hybridized carbons (Fsp3) is 1.00. The Kier molecular flexibility index (Phi) is 4.14. The molecule has 4 nitrogen and oxygen atoms in total. The van der Waals surface area contributed by atoms with Gasteiger partial charge in [-0.2, -0.15) is 4.21 Å². The molecule has 0 radical (unpaired) electrons. The smallest absolute Gasteiger partial charge is 0.302 e. The fourth-order valence-corrected chi connectivity index (χ4v) is 1.90. The zero-order valence-electron chi connectivity index (χ0n) is 7.16. The maximum Gasteiger partial charge on any atom is 0.302 e. The number of piperidine rings is 1. The molecule has 72 valence electrons. The highest BCUT2D eigenvalue weighted by Gasteiger charge is 2.21. The minimum atomic E-state index is -2.13.